The van der Waals surface area contributed by atoms with E-state index < -0.39 is 0 Å². The van der Waals surface area contributed by atoms with E-state index in [9.17, 15) is 14.7 Å². The molecule has 4 aliphatic rings. The molecule has 0 heterocycles. The van der Waals surface area contributed by atoms with Crippen molar-refractivity contribution in [2.75, 3.05) is 0 Å². The first-order valence-electron chi connectivity index (χ1n) is 13.4. The Kier molecular flexibility index (Phi) is 6.17. The summed E-state index contributed by atoms with van der Waals surface area (Å²) in [7, 11) is 0. The molecule has 0 aromatic heterocycles. The average Bonchev–Trinajstić information content (AvgIpc) is 3.04. The van der Waals surface area contributed by atoms with E-state index in [0.29, 0.717) is 24.0 Å². The minimum absolute atomic E-state index is 0.0389. The Hall–Kier alpha value is -1.22. The van der Waals surface area contributed by atoms with Gasteiger partial charge in [0.05, 0.1) is 6.10 Å². The van der Waals surface area contributed by atoms with Crippen LogP contribution in [0, 0.1) is 39.4 Å². The molecule has 7 atom stereocenters. The molecule has 1 N–H and O–H groups in total. The minimum atomic E-state index is -0.316. The highest BCUT2D eigenvalue weighted by molar-refractivity contribution is 5.99. The number of fused-ring (bicyclic) bond motifs is 4. The summed E-state index contributed by atoms with van der Waals surface area (Å²) in [6.45, 7) is 15.9. The van der Waals surface area contributed by atoms with Gasteiger partial charge in [-0.15, -0.1) is 0 Å². The van der Waals surface area contributed by atoms with Crippen molar-refractivity contribution in [3.05, 3.63) is 22.8 Å². The van der Waals surface area contributed by atoms with Gasteiger partial charge in [0.25, 0.3) is 0 Å². The van der Waals surface area contributed by atoms with Crippen molar-refractivity contribution in [1.29, 1.82) is 0 Å². The van der Waals surface area contributed by atoms with Gasteiger partial charge in [-0.25, -0.2) is 0 Å². The van der Waals surface area contributed by atoms with Gasteiger partial charge in [-0.1, -0.05) is 53.2 Å². The first kappa shape index (κ1) is 24.9. The molecule has 0 amide bonds. The van der Waals surface area contributed by atoms with Crippen LogP contribution in [0.1, 0.15) is 106 Å². The van der Waals surface area contributed by atoms with E-state index in [2.05, 4.69) is 47.6 Å². The van der Waals surface area contributed by atoms with E-state index in [1.807, 2.05) is 6.92 Å². The van der Waals surface area contributed by atoms with Gasteiger partial charge in [-0.05, 0) is 97.9 Å². The molecule has 3 nitrogen and oxygen atoms in total. The summed E-state index contributed by atoms with van der Waals surface area (Å²) in [6.07, 6.45) is 11.7. The van der Waals surface area contributed by atoms with Crippen molar-refractivity contribution < 1.29 is 14.7 Å². The summed E-state index contributed by atoms with van der Waals surface area (Å²) >= 11 is 0. The second-order valence-electron chi connectivity index (χ2n) is 13.3. The summed E-state index contributed by atoms with van der Waals surface area (Å²) in [6, 6.07) is 0. The molecule has 0 bridgehead atoms. The Morgan fingerprint density at radius 3 is 2.48 bits per heavy atom. The van der Waals surface area contributed by atoms with Crippen LogP contribution in [-0.2, 0) is 9.59 Å². The van der Waals surface area contributed by atoms with E-state index in [4.69, 9.17) is 0 Å². The fourth-order valence-electron chi connectivity index (χ4n) is 9.13. The largest absolute Gasteiger partial charge is 0.393 e. The number of hydrogen-bond acceptors (Lipinski definition) is 3. The molecule has 2 saturated carbocycles. The molecule has 184 valence electrons. The lowest BCUT2D eigenvalue weighted by molar-refractivity contribution is -0.134. The van der Waals surface area contributed by atoms with Crippen molar-refractivity contribution >= 4 is 12.1 Å². The van der Waals surface area contributed by atoms with Gasteiger partial charge in [0.1, 0.15) is 6.29 Å². The number of ketones is 1. The van der Waals surface area contributed by atoms with Gasteiger partial charge >= 0.3 is 0 Å². The topological polar surface area (TPSA) is 54.4 Å². The fourth-order valence-corrected chi connectivity index (χ4v) is 9.13. The summed E-state index contributed by atoms with van der Waals surface area (Å²) < 4.78 is 0. The highest BCUT2D eigenvalue weighted by atomic mass is 16.3. The summed E-state index contributed by atoms with van der Waals surface area (Å²) in [4.78, 5) is 24.8. The van der Waals surface area contributed by atoms with Crippen LogP contribution in [0.25, 0.3) is 0 Å². The third kappa shape index (κ3) is 3.46. The van der Waals surface area contributed by atoms with Gasteiger partial charge in [0.15, 0.2) is 5.78 Å². The number of aliphatic hydroxyl groups is 1. The summed E-state index contributed by atoms with van der Waals surface area (Å²) in [5.41, 5.74) is 3.42. The Balaban J connectivity index is 1.68. The van der Waals surface area contributed by atoms with Crippen molar-refractivity contribution in [3.63, 3.8) is 0 Å². The van der Waals surface area contributed by atoms with Crippen molar-refractivity contribution in [2.24, 2.45) is 39.4 Å². The molecule has 0 saturated heterocycles. The zero-order valence-corrected chi connectivity index (χ0v) is 22.1. The average molecular weight is 455 g/mol. The molecule has 0 unspecified atom stereocenters. The van der Waals surface area contributed by atoms with E-state index in [1.165, 1.54) is 24.0 Å². The lowest BCUT2D eigenvalue weighted by Gasteiger charge is -2.61. The predicted octanol–water partition coefficient (Wildman–Crippen LogP) is 6.84. The maximum Gasteiger partial charge on any atom is 0.159 e. The third-order valence-corrected chi connectivity index (χ3v) is 11.6. The number of hydrogen-bond donors (Lipinski definition) is 1. The second-order valence-corrected chi connectivity index (χ2v) is 13.3. The number of aliphatic hydroxyl groups excluding tert-OH is 1. The fraction of sp³-hybridized carbons (Fsp3) is 0.800. The van der Waals surface area contributed by atoms with Gasteiger partial charge in [0.2, 0.25) is 0 Å². The number of rotatable bonds is 5. The van der Waals surface area contributed by atoms with E-state index in [1.54, 1.807) is 0 Å². The van der Waals surface area contributed by atoms with E-state index in [-0.39, 0.29) is 33.7 Å². The van der Waals surface area contributed by atoms with Gasteiger partial charge in [-0.2, -0.15) is 0 Å². The van der Waals surface area contributed by atoms with Crippen LogP contribution in [0.5, 0.6) is 0 Å². The number of Topliss-reactive ketones (excluding diaryl/α,β-unsaturated/α-hetero) is 1. The molecular formula is C30H46O3. The third-order valence-electron chi connectivity index (χ3n) is 11.6. The number of carbonyl (C=O) groups is 2. The van der Waals surface area contributed by atoms with Crippen LogP contribution in [0.4, 0.5) is 0 Å². The van der Waals surface area contributed by atoms with E-state index >= 15 is 0 Å². The van der Waals surface area contributed by atoms with Crippen molar-refractivity contribution in [3.8, 4) is 0 Å². The Bertz CT molecular complexity index is 894. The molecule has 0 aliphatic heterocycles. The zero-order chi connectivity index (χ0) is 24.4. The molecule has 0 aromatic carbocycles. The quantitative estimate of drug-likeness (QED) is 0.365. The molecular weight excluding hydrogens is 408 g/mol. The maximum absolute atomic E-state index is 13.9. The normalized spacial score (nSPS) is 43.6. The predicted molar refractivity (Wildman–Crippen MR) is 134 cm³/mol. The van der Waals surface area contributed by atoms with Gasteiger partial charge in [-0.3, -0.25) is 9.59 Å². The molecule has 0 spiro atoms. The molecule has 3 heteroatoms. The number of allylic oxidation sites excluding steroid dienone is 4. The minimum Gasteiger partial charge on any atom is -0.393 e. The standard InChI is InChI=1S/C30H46O3/c1-19(18-31)9-8-10-20(2)21-11-16-30(7)26-22(12-15-29(21,30)6)28(5)14-13-25(33)27(3,4)24(28)17-23(26)32/h9,18,20-21,24-25,33H,8,10-17H2,1-7H3/b19-9-/t20-,21-,24+,25+,28-,29-,30+/m1/s1. The van der Waals surface area contributed by atoms with Crippen LogP contribution in [-0.4, -0.2) is 23.3 Å². The van der Waals surface area contributed by atoms with Crippen molar-refractivity contribution in [1.82, 2.24) is 0 Å². The van der Waals surface area contributed by atoms with Gasteiger partial charge in [0, 0.05) is 17.4 Å². The van der Waals surface area contributed by atoms with Crippen LogP contribution < -0.4 is 0 Å². The van der Waals surface area contributed by atoms with Gasteiger partial charge < -0.3 is 5.11 Å². The molecule has 2 fully saturated rings. The number of aldehydes is 1. The lowest BCUT2D eigenvalue weighted by Crippen LogP contribution is -2.57. The van der Waals surface area contributed by atoms with Crippen molar-refractivity contribution in [2.45, 2.75) is 112 Å². The Morgan fingerprint density at radius 1 is 1.12 bits per heavy atom. The van der Waals surface area contributed by atoms with Crippen LogP contribution >= 0.6 is 0 Å². The molecule has 4 rings (SSSR count). The van der Waals surface area contributed by atoms with Crippen LogP contribution in [0.15, 0.2) is 22.8 Å². The lowest BCUT2D eigenvalue weighted by atomic mass is 9.43. The van der Waals surface area contributed by atoms with Crippen LogP contribution in [0.3, 0.4) is 0 Å². The Labute approximate surface area is 201 Å². The first-order valence-corrected chi connectivity index (χ1v) is 13.4. The number of carbonyl (C=O) groups excluding carboxylic acids is 2. The molecule has 0 aromatic rings. The monoisotopic (exact) mass is 454 g/mol. The van der Waals surface area contributed by atoms with Crippen LogP contribution in [0.2, 0.25) is 0 Å². The maximum atomic E-state index is 13.9. The molecule has 4 aliphatic carbocycles. The Morgan fingerprint density at radius 2 is 1.82 bits per heavy atom. The summed E-state index contributed by atoms with van der Waals surface area (Å²) in [5.74, 6) is 1.81. The highest BCUT2D eigenvalue weighted by Crippen LogP contribution is 2.71. The van der Waals surface area contributed by atoms with E-state index in [0.717, 1.165) is 50.4 Å². The first-order chi connectivity index (χ1) is 15.3. The highest BCUT2D eigenvalue weighted by Gasteiger charge is 2.65. The molecule has 33 heavy (non-hydrogen) atoms. The smallest absolute Gasteiger partial charge is 0.159 e. The second kappa shape index (κ2) is 8.18. The molecule has 0 radical (unpaired) electrons. The zero-order valence-electron chi connectivity index (χ0n) is 22.1. The summed E-state index contributed by atoms with van der Waals surface area (Å²) in [5, 5.41) is 10.8. The SMILES string of the molecule is C/C(C=O)=C/CC[C@@H](C)[C@H]1CC[C@@]2(C)C3=C(CC[C@]12C)[C@@]1(C)CC[C@H](O)C(C)(C)[C@@H]1CC3=O.